The van der Waals surface area contributed by atoms with Gasteiger partial charge >= 0.3 is 0 Å². The van der Waals surface area contributed by atoms with Crippen LogP contribution in [0, 0.1) is 0 Å². The smallest absolute Gasteiger partial charge is 0.119 e. The van der Waals surface area contributed by atoms with E-state index < -0.39 is 16.9 Å². The van der Waals surface area contributed by atoms with Gasteiger partial charge in [-0.2, -0.15) is 0 Å². The van der Waals surface area contributed by atoms with Crippen molar-refractivity contribution < 1.29 is 14.1 Å². The lowest BCUT2D eigenvalue weighted by molar-refractivity contribution is 0.125. The van der Waals surface area contributed by atoms with Crippen molar-refractivity contribution in [3.63, 3.8) is 0 Å². The van der Waals surface area contributed by atoms with Gasteiger partial charge in [0, 0.05) is 16.6 Å². The van der Waals surface area contributed by atoms with Crippen LogP contribution in [0.4, 0.5) is 0 Å². The van der Waals surface area contributed by atoms with Gasteiger partial charge in [-0.1, -0.05) is 46.2 Å². The monoisotopic (exact) mass is 312 g/mol. The maximum atomic E-state index is 11.7. The highest BCUT2D eigenvalue weighted by Gasteiger charge is 2.14. The minimum Gasteiger partial charge on any atom is -0.491 e. The summed E-state index contributed by atoms with van der Waals surface area (Å²) in [6.07, 6.45) is 1.29. The van der Waals surface area contributed by atoms with Crippen LogP contribution in [0.3, 0.4) is 0 Å². The maximum absolute atomic E-state index is 11.7. The maximum Gasteiger partial charge on any atom is 0.119 e. The van der Waals surface area contributed by atoms with Gasteiger partial charge in [-0.25, -0.2) is 0 Å². The Balaban J connectivity index is 2.39. The Bertz CT molecular complexity index is 434. The minimum absolute atomic E-state index is 0.119. The molecule has 21 heavy (non-hydrogen) atoms. The van der Waals surface area contributed by atoms with Gasteiger partial charge in [0.25, 0.3) is 0 Å². The molecule has 1 N–H and O–H groups in total. The van der Waals surface area contributed by atoms with Crippen molar-refractivity contribution in [3.05, 3.63) is 29.8 Å². The Morgan fingerprint density at radius 3 is 2.38 bits per heavy atom. The number of hydrogen-bond acceptors (Lipinski definition) is 3. The minimum atomic E-state index is -0.953. The van der Waals surface area contributed by atoms with Gasteiger partial charge in [-0.05, 0) is 29.5 Å². The number of rotatable bonds is 8. The van der Waals surface area contributed by atoms with Crippen molar-refractivity contribution >= 4 is 10.8 Å². The third-order valence-electron chi connectivity index (χ3n) is 3.27. The first-order valence-corrected chi connectivity index (χ1v) is 9.08. The summed E-state index contributed by atoms with van der Waals surface area (Å²) in [4.78, 5) is 0. The highest BCUT2D eigenvalue weighted by Crippen LogP contribution is 2.24. The standard InChI is InChI=1S/C17H28O3S/c1-5-6-11-21(19)13-15(18)12-20-16-9-7-14(8-10-16)17(2,3)4/h7-10,15,18H,5-6,11-13H2,1-4H3/t15-,21-/m1/s1. The van der Waals surface area contributed by atoms with Crippen molar-refractivity contribution in [3.8, 4) is 5.75 Å². The molecule has 0 fully saturated rings. The van der Waals surface area contributed by atoms with Crippen LogP contribution in [0.5, 0.6) is 5.75 Å². The predicted octanol–water partition coefficient (Wildman–Crippen LogP) is 3.27. The van der Waals surface area contributed by atoms with Crippen molar-refractivity contribution in [2.24, 2.45) is 0 Å². The highest BCUT2D eigenvalue weighted by molar-refractivity contribution is 7.85. The second-order valence-electron chi connectivity index (χ2n) is 6.40. The Morgan fingerprint density at radius 2 is 1.86 bits per heavy atom. The van der Waals surface area contributed by atoms with Gasteiger partial charge in [0.1, 0.15) is 12.4 Å². The number of unbranched alkanes of at least 4 members (excludes halogenated alkanes) is 1. The Morgan fingerprint density at radius 1 is 1.24 bits per heavy atom. The summed E-state index contributed by atoms with van der Waals surface area (Å²) < 4.78 is 17.2. The van der Waals surface area contributed by atoms with Gasteiger partial charge in [-0.15, -0.1) is 0 Å². The zero-order valence-corrected chi connectivity index (χ0v) is 14.4. The van der Waals surface area contributed by atoms with E-state index in [-0.39, 0.29) is 12.0 Å². The summed E-state index contributed by atoms with van der Waals surface area (Å²) in [5.41, 5.74) is 1.37. The normalized spacial score (nSPS) is 14.7. The average Bonchev–Trinajstić information content (AvgIpc) is 2.42. The first kappa shape index (κ1) is 18.2. The molecule has 0 aliphatic heterocycles. The first-order chi connectivity index (χ1) is 9.82. The molecule has 1 rings (SSSR count). The van der Waals surface area contributed by atoms with Gasteiger partial charge in [0.05, 0.1) is 11.9 Å². The SMILES string of the molecule is CCCC[S@@](=O)C[C@H](O)COc1ccc(C(C)(C)C)cc1. The van der Waals surface area contributed by atoms with Crippen LogP contribution in [0.25, 0.3) is 0 Å². The molecular formula is C17H28O3S. The van der Waals surface area contributed by atoms with E-state index in [1.165, 1.54) is 5.56 Å². The van der Waals surface area contributed by atoms with Gasteiger partial charge in [-0.3, -0.25) is 4.21 Å². The van der Waals surface area contributed by atoms with Crippen LogP contribution < -0.4 is 4.74 Å². The Hall–Kier alpha value is -0.870. The van der Waals surface area contributed by atoms with E-state index in [1.54, 1.807) is 0 Å². The topological polar surface area (TPSA) is 46.5 Å². The van der Waals surface area contributed by atoms with Crippen molar-refractivity contribution in [2.75, 3.05) is 18.1 Å². The van der Waals surface area contributed by atoms with Crippen LogP contribution in [-0.2, 0) is 16.2 Å². The van der Waals surface area contributed by atoms with E-state index in [1.807, 2.05) is 24.3 Å². The molecule has 1 aromatic rings. The number of aliphatic hydroxyl groups is 1. The third kappa shape index (κ3) is 7.09. The fraction of sp³-hybridized carbons (Fsp3) is 0.647. The molecule has 1 aromatic carbocycles. The molecule has 0 aliphatic rings. The molecule has 0 aromatic heterocycles. The summed E-state index contributed by atoms with van der Waals surface area (Å²) in [6, 6.07) is 7.92. The Labute approximate surface area is 131 Å². The highest BCUT2D eigenvalue weighted by atomic mass is 32.2. The molecule has 0 spiro atoms. The number of aliphatic hydroxyl groups excluding tert-OH is 1. The number of benzene rings is 1. The van der Waals surface area contributed by atoms with E-state index in [9.17, 15) is 9.32 Å². The molecule has 0 saturated carbocycles. The van der Waals surface area contributed by atoms with Crippen molar-refractivity contribution in [1.29, 1.82) is 0 Å². The zero-order chi connectivity index (χ0) is 15.9. The fourth-order valence-corrected chi connectivity index (χ4v) is 3.20. The molecule has 0 amide bonds. The molecule has 0 unspecified atom stereocenters. The van der Waals surface area contributed by atoms with E-state index in [0.29, 0.717) is 11.5 Å². The molecule has 0 radical (unpaired) electrons. The molecule has 0 bridgehead atoms. The number of ether oxygens (including phenoxy) is 1. The Kier molecular flexibility index (Phi) is 7.40. The molecule has 0 saturated heterocycles. The predicted molar refractivity (Wildman–Crippen MR) is 89.4 cm³/mol. The lowest BCUT2D eigenvalue weighted by Gasteiger charge is -2.19. The van der Waals surface area contributed by atoms with Gasteiger partial charge < -0.3 is 9.84 Å². The fourth-order valence-electron chi connectivity index (χ4n) is 1.89. The lowest BCUT2D eigenvalue weighted by atomic mass is 9.87. The average molecular weight is 312 g/mol. The quantitative estimate of drug-likeness (QED) is 0.801. The summed E-state index contributed by atoms with van der Waals surface area (Å²) in [7, 11) is -0.953. The van der Waals surface area contributed by atoms with Crippen molar-refractivity contribution in [1.82, 2.24) is 0 Å². The lowest BCUT2D eigenvalue weighted by Crippen LogP contribution is -2.25. The second-order valence-corrected chi connectivity index (χ2v) is 8.02. The van der Waals surface area contributed by atoms with Crippen LogP contribution >= 0.6 is 0 Å². The third-order valence-corrected chi connectivity index (χ3v) is 4.77. The summed E-state index contributed by atoms with van der Waals surface area (Å²) >= 11 is 0. The molecule has 0 aliphatic carbocycles. The van der Waals surface area contributed by atoms with E-state index in [4.69, 9.17) is 4.74 Å². The molecule has 2 atom stereocenters. The second kappa shape index (κ2) is 8.54. The first-order valence-electron chi connectivity index (χ1n) is 7.59. The molecular weight excluding hydrogens is 284 g/mol. The van der Waals surface area contributed by atoms with Gasteiger partial charge in [0.2, 0.25) is 0 Å². The summed E-state index contributed by atoms with van der Waals surface area (Å²) in [5.74, 6) is 1.69. The largest absolute Gasteiger partial charge is 0.491 e. The van der Waals surface area contributed by atoms with Crippen molar-refractivity contribution in [2.45, 2.75) is 52.1 Å². The van der Waals surface area contributed by atoms with Gasteiger partial charge in [0.15, 0.2) is 0 Å². The molecule has 120 valence electrons. The zero-order valence-electron chi connectivity index (χ0n) is 13.6. The van der Waals surface area contributed by atoms with Crippen LogP contribution in [-0.4, -0.2) is 33.5 Å². The number of hydrogen-bond donors (Lipinski definition) is 1. The van der Waals surface area contributed by atoms with E-state index >= 15 is 0 Å². The van der Waals surface area contributed by atoms with Crippen LogP contribution in [0.1, 0.15) is 46.1 Å². The van der Waals surface area contributed by atoms with Crippen LogP contribution in [0.15, 0.2) is 24.3 Å². The van der Waals surface area contributed by atoms with E-state index in [2.05, 4.69) is 27.7 Å². The van der Waals surface area contributed by atoms with Crippen LogP contribution in [0.2, 0.25) is 0 Å². The summed E-state index contributed by atoms with van der Waals surface area (Å²) in [5, 5.41) is 9.85. The molecule has 4 heteroatoms. The summed E-state index contributed by atoms with van der Waals surface area (Å²) in [6.45, 7) is 8.75. The molecule has 3 nitrogen and oxygen atoms in total. The molecule has 0 heterocycles. The van der Waals surface area contributed by atoms with E-state index in [0.717, 1.165) is 18.6 Å².